The van der Waals surface area contributed by atoms with Crippen LogP contribution in [0.4, 0.5) is 5.69 Å². The molecule has 0 bridgehead atoms. The van der Waals surface area contributed by atoms with Crippen LogP contribution in [-0.2, 0) is 4.79 Å². The molecule has 0 saturated carbocycles. The standard InChI is InChI=1S/C19H16ClNO3S2/c1-3-24-15-9-8-13(20)10-12(15)11-17-18(22)21(19(25)26-17)14-6-4-5-7-16(14)23-2/h4-11H,3H2,1-2H3/b17-11-. The van der Waals surface area contributed by atoms with E-state index in [0.29, 0.717) is 38.0 Å². The lowest BCUT2D eigenvalue weighted by atomic mass is 10.1. The molecule has 26 heavy (non-hydrogen) atoms. The Bertz CT molecular complexity index is 898. The first-order valence-corrected chi connectivity index (χ1v) is 9.48. The number of benzene rings is 2. The Morgan fingerprint density at radius 3 is 2.73 bits per heavy atom. The predicted octanol–water partition coefficient (Wildman–Crippen LogP) is 5.15. The molecule has 0 atom stereocenters. The summed E-state index contributed by atoms with van der Waals surface area (Å²) in [6, 6.07) is 12.6. The van der Waals surface area contributed by atoms with Crippen molar-refractivity contribution in [1.29, 1.82) is 0 Å². The molecule has 7 heteroatoms. The van der Waals surface area contributed by atoms with Gasteiger partial charge in [-0.05, 0) is 43.3 Å². The lowest BCUT2D eigenvalue weighted by Crippen LogP contribution is -2.27. The highest BCUT2D eigenvalue weighted by molar-refractivity contribution is 8.27. The molecule has 0 aromatic heterocycles. The van der Waals surface area contributed by atoms with Crippen LogP contribution < -0.4 is 14.4 Å². The smallest absolute Gasteiger partial charge is 0.270 e. The highest BCUT2D eigenvalue weighted by Crippen LogP contribution is 2.40. The van der Waals surface area contributed by atoms with Gasteiger partial charge in [-0.3, -0.25) is 9.69 Å². The van der Waals surface area contributed by atoms with Crippen LogP contribution in [0.3, 0.4) is 0 Å². The maximum Gasteiger partial charge on any atom is 0.270 e. The number of carbonyl (C=O) groups excluding carboxylic acids is 1. The molecule has 1 aliphatic heterocycles. The van der Waals surface area contributed by atoms with Crippen molar-refractivity contribution in [3.8, 4) is 11.5 Å². The monoisotopic (exact) mass is 405 g/mol. The van der Waals surface area contributed by atoms with Crippen molar-refractivity contribution in [1.82, 2.24) is 0 Å². The van der Waals surface area contributed by atoms with Gasteiger partial charge in [0, 0.05) is 10.6 Å². The number of rotatable bonds is 5. The summed E-state index contributed by atoms with van der Waals surface area (Å²) < 4.78 is 11.4. The zero-order valence-corrected chi connectivity index (χ0v) is 16.6. The summed E-state index contributed by atoms with van der Waals surface area (Å²) in [6.07, 6.45) is 1.76. The van der Waals surface area contributed by atoms with E-state index < -0.39 is 0 Å². The average Bonchev–Trinajstić information content (AvgIpc) is 2.91. The Morgan fingerprint density at radius 2 is 2.00 bits per heavy atom. The number of hydrogen-bond donors (Lipinski definition) is 0. The van der Waals surface area contributed by atoms with Crippen molar-refractivity contribution >= 4 is 57.6 Å². The van der Waals surface area contributed by atoms with Gasteiger partial charge >= 0.3 is 0 Å². The van der Waals surface area contributed by atoms with E-state index in [1.165, 1.54) is 16.7 Å². The van der Waals surface area contributed by atoms with Gasteiger partial charge in [-0.15, -0.1) is 0 Å². The molecular weight excluding hydrogens is 390 g/mol. The second-order valence-corrected chi connectivity index (χ2v) is 7.42. The number of thioether (sulfide) groups is 1. The summed E-state index contributed by atoms with van der Waals surface area (Å²) in [5.74, 6) is 1.05. The van der Waals surface area contributed by atoms with Gasteiger partial charge in [-0.25, -0.2) is 0 Å². The van der Waals surface area contributed by atoms with Gasteiger partial charge in [0.1, 0.15) is 11.5 Å². The molecule has 0 aliphatic carbocycles. The average molecular weight is 406 g/mol. The lowest BCUT2D eigenvalue weighted by Gasteiger charge is -2.17. The molecule has 3 rings (SSSR count). The summed E-state index contributed by atoms with van der Waals surface area (Å²) >= 11 is 12.8. The first-order valence-electron chi connectivity index (χ1n) is 7.88. The van der Waals surface area contributed by atoms with Crippen LogP contribution >= 0.6 is 35.6 Å². The molecule has 0 spiro atoms. The minimum Gasteiger partial charge on any atom is -0.495 e. The maximum atomic E-state index is 13.0. The highest BCUT2D eigenvalue weighted by Gasteiger charge is 2.35. The minimum absolute atomic E-state index is 0.202. The number of halogens is 1. The van der Waals surface area contributed by atoms with Crippen molar-refractivity contribution in [2.45, 2.75) is 6.92 Å². The van der Waals surface area contributed by atoms with E-state index >= 15 is 0 Å². The number of carbonyl (C=O) groups is 1. The van der Waals surface area contributed by atoms with E-state index in [1.807, 2.05) is 19.1 Å². The Balaban J connectivity index is 1.99. The quantitative estimate of drug-likeness (QED) is 0.508. The number of thiocarbonyl (C=S) groups is 1. The van der Waals surface area contributed by atoms with E-state index in [9.17, 15) is 4.79 Å². The number of para-hydroxylation sites is 2. The van der Waals surface area contributed by atoms with Crippen molar-refractivity contribution in [3.05, 3.63) is 58.0 Å². The van der Waals surface area contributed by atoms with E-state index in [0.717, 1.165) is 5.56 Å². The summed E-state index contributed by atoms with van der Waals surface area (Å²) in [5, 5.41) is 0.569. The highest BCUT2D eigenvalue weighted by atomic mass is 35.5. The Hall–Kier alpha value is -2.02. The minimum atomic E-state index is -0.202. The molecule has 1 amide bonds. The predicted molar refractivity (Wildman–Crippen MR) is 111 cm³/mol. The Labute approximate surface area is 166 Å². The fourth-order valence-corrected chi connectivity index (χ4v) is 4.01. The molecule has 0 unspecified atom stereocenters. The zero-order valence-electron chi connectivity index (χ0n) is 14.2. The van der Waals surface area contributed by atoms with Gasteiger partial charge in [0.25, 0.3) is 5.91 Å². The van der Waals surface area contributed by atoms with Gasteiger partial charge in [-0.1, -0.05) is 47.7 Å². The van der Waals surface area contributed by atoms with E-state index in [2.05, 4.69) is 0 Å². The van der Waals surface area contributed by atoms with Crippen LogP contribution in [0.5, 0.6) is 11.5 Å². The molecule has 1 heterocycles. The van der Waals surface area contributed by atoms with Gasteiger partial charge in [-0.2, -0.15) is 0 Å². The largest absolute Gasteiger partial charge is 0.495 e. The third-order valence-corrected chi connectivity index (χ3v) is 5.22. The zero-order chi connectivity index (χ0) is 18.7. The van der Waals surface area contributed by atoms with Gasteiger partial charge < -0.3 is 9.47 Å². The number of anilines is 1. The van der Waals surface area contributed by atoms with E-state index in [-0.39, 0.29) is 5.91 Å². The van der Waals surface area contributed by atoms with Crippen LogP contribution in [0.15, 0.2) is 47.4 Å². The normalized spacial score (nSPS) is 15.7. The Morgan fingerprint density at radius 1 is 1.23 bits per heavy atom. The molecule has 134 valence electrons. The van der Waals surface area contributed by atoms with Crippen molar-refractivity contribution in [3.63, 3.8) is 0 Å². The topological polar surface area (TPSA) is 38.8 Å². The second-order valence-electron chi connectivity index (χ2n) is 5.30. The summed E-state index contributed by atoms with van der Waals surface area (Å²) in [6.45, 7) is 2.42. The lowest BCUT2D eigenvalue weighted by molar-refractivity contribution is -0.113. The summed E-state index contributed by atoms with van der Waals surface area (Å²) in [7, 11) is 1.56. The molecule has 1 fully saturated rings. The van der Waals surface area contributed by atoms with Gasteiger partial charge in [0.15, 0.2) is 4.32 Å². The number of methoxy groups -OCH3 is 1. The molecule has 1 saturated heterocycles. The molecule has 2 aromatic rings. The van der Waals surface area contributed by atoms with Crippen LogP contribution in [0.25, 0.3) is 6.08 Å². The van der Waals surface area contributed by atoms with Crippen LogP contribution in [-0.4, -0.2) is 23.9 Å². The fraction of sp³-hybridized carbons (Fsp3) is 0.158. The van der Waals surface area contributed by atoms with Gasteiger partial charge in [0.05, 0.1) is 24.3 Å². The molecular formula is C19H16ClNO3S2. The van der Waals surface area contributed by atoms with Crippen molar-refractivity contribution in [2.75, 3.05) is 18.6 Å². The number of amides is 1. The third-order valence-electron chi connectivity index (χ3n) is 3.68. The molecule has 0 radical (unpaired) electrons. The first-order chi connectivity index (χ1) is 12.5. The summed E-state index contributed by atoms with van der Waals surface area (Å²) in [5.41, 5.74) is 1.36. The second kappa shape index (κ2) is 8.12. The number of nitrogens with zero attached hydrogens (tertiary/aromatic N) is 1. The third kappa shape index (κ3) is 3.72. The van der Waals surface area contributed by atoms with Crippen molar-refractivity contribution in [2.24, 2.45) is 0 Å². The van der Waals surface area contributed by atoms with E-state index in [4.69, 9.17) is 33.3 Å². The molecule has 1 aliphatic rings. The molecule has 0 N–H and O–H groups in total. The van der Waals surface area contributed by atoms with Crippen LogP contribution in [0.2, 0.25) is 5.02 Å². The van der Waals surface area contributed by atoms with Crippen LogP contribution in [0.1, 0.15) is 12.5 Å². The van der Waals surface area contributed by atoms with Gasteiger partial charge in [0.2, 0.25) is 0 Å². The summed E-state index contributed by atoms with van der Waals surface area (Å²) in [4.78, 5) is 14.9. The maximum absolute atomic E-state index is 13.0. The SMILES string of the molecule is CCOc1ccc(Cl)cc1/C=C1\SC(=S)N(c2ccccc2OC)C1=O. The van der Waals surface area contributed by atoms with Crippen molar-refractivity contribution < 1.29 is 14.3 Å². The van der Waals surface area contributed by atoms with Crippen LogP contribution in [0, 0.1) is 0 Å². The first kappa shape index (κ1) is 18.8. The number of hydrogen-bond acceptors (Lipinski definition) is 5. The Kier molecular flexibility index (Phi) is 5.86. The molecule has 4 nitrogen and oxygen atoms in total. The van der Waals surface area contributed by atoms with E-state index in [1.54, 1.807) is 43.5 Å². The fourth-order valence-electron chi connectivity index (χ4n) is 2.55. The molecule has 2 aromatic carbocycles. The number of ether oxygens (including phenoxy) is 2.